The summed E-state index contributed by atoms with van der Waals surface area (Å²) in [7, 11) is 0. The normalized spacial score (nSPS) is 15.4. The van der Waals surface area contributed by atoms with Gasteiger partial charge in [-0.3, -0.25) is 5.01 Å². The Labute approximate surface area is 225 Å². The molecular formula is C35H31N3. The van der Waals surface area contributed by atoms with Crippen molar-refractivity contribution in [2.75, 3.05) is 10.0 Å². The van der Waals surface area contributed by atoms with Crippen molar-refractivity contribution < 1.29 is 0 Å². The summed E-state index contributed by atoms with van der Waals surface area (Å²) in [6, 6.07) is 47.3. The molecule has 6 rings (SSSR count). The molecule has 3 heteroatoms. The van der Waals surface area contributed by atoms with Gasteiger partial charge in [0.25, 0.3) is 0 Å². The quantitative estimate of drug-likeness (QED) is 0.244. The number of hydrazine groups is 1. The lowest BCUT2D eigenvalue weighted by molar-refractivity contribution is 0.535. The van der Waals surface area contributed by atoms with Crippen molar-refractivity contribution in [3.8, 4) is 0 Å². The van der Waals surface area contributed by atoms with Gasteiger partial charge in [-0.1, -0.05) is 103 Å². The van der Waals surface area contributed by atoms with Crippen LogP contribution in [0.1, 0.15) is 27.8 Å². The van der Waals surface area contributed by atoms with Gasteiger partial charge in [-0.25, -0.2) is 10.0 Å². The van der Waals surface area contributed by atoms with Crippen molar-refractivity contribution in [1.29, 1.82) is 0 Å². The Morgan fingerprint density at radius 1 is 0.500 bits per heavy atom. The van der Waals surface area contributed by atoms with Gasteiger partial charge in [0.2, 0.25) is 0 Å². The summed E-state index contributed by atoms with van der Waals surface area (Å²) in [5.41, 5.74) is 8.47. The third-order valence-corrected chi connectivity index (χ3v) is 7.19. The van der Waals surface area contributed by atoms with Crippen LogP contribution in [0.2, 0.25) is 0 Å². The van der Waals surface area contributed by atoms with Crippen LogP contribution in [0.15, 0.2) is 138 Å². The van der Waals surface area contributed by atoms with Crippen molar-refractivity contribution in [3.05, 3.63) is 161 Å². The number of rotatable bonds is 5. The molecule has 5 aromatic rings. The highest BCUT2D eigenvalue weighted by Crippen LogP contribution is 2.52. The smallest absolute Gasteiger partial charge is 0.171 e. The van der Waals surface area contributed by atoms with E-state index in [2.05, 4.69) is 164 Å². The molecule has 1 heterocycles. The topological polar surface area (TPSA) is 18.8 Å². The predicted octanol–water partition coefficient (Wildman–Crippen LogP) is 8.53. The van der Waals surface area contributed by atoms with Gasteiger partial charge in [-0.05, 0) is 79.4 Å². The van der Waals surface area contributed by atoms with Gasteiger partial charge in [0.05, 0.1) is 17.1 Å². The Kier molecular flexibility index (Phi) is 6.05. The van der Waals surface area contributed by atoms with Crippen LogP contribution < -0.4 is 10.0 Å². The first-order valence-corrected chi connectivity index (χ1v) is 13.1. The van der Waals surface area contributed by atoms with Crippen LogP contribution in [0.3, 0.4) is 0 Å². The second-order valence-corrected chi connectivity index (χ2v) is 10.0. The largest absolute Gasteiger partial charge is 0.257 e. The lowest BCUT2D eigenvalue weighted by Crippen LogP contribution is -2.77. The molecule has 38 heavy (non-hydrogen) atoms. The molecule has 0 N–H and O–H groups in total. The Morgan fingerprint density at radius 2 is 1.03 bits per heavy atom. The van der Waals surface area contributed by atoms with E-state index in [-0.39, 0.29) is 0 Å². The average molecular weight is 494 g/mol. The SMILES string of the molecule is Cc1ccc(N=C2N(c3cccc(C)c3)N(c3cccc(C)c3)C2(c2ccccc2)c2ccccc2)cc1. The molecule has 1 aliphatic rings. The van der Waals surface area contributed by atoms with Crippen molar-refractivity contribution in [3.63, 3.8) is 0 Å². The molecule has 0 amide bonds. The lowest BCUT2D eigenvalue weighted by atomic mass is 9.76. The van der Waals surface area contributed by atoms with E-state index in [9.17, 15) is 0 Å². The molecular weight excluding hydrogens is 462 g/mol. The fourth-order valence-corrected chi connectivity index (χ4v) is 5.41. The van der Waals surface area contributed by atoms with Gasteiger partial charge in [0.15, 0.2) is 11.4 Å². The van der Waals surface area contributed by atoms with E-state index >= 15 is 0 Å². The van der Waals surface area contributed by atoms with E-state index in [1.807, 2.05) is 0 Å². The summed E-state index contributed by atoms with van der Waals surface area (Å²) in [5.74, 6) is 0.964. The van der Waals surface area contributed by atoms with E-state index in [1.54, 1.807) is 0 Å². The first-order chi connectivity index (χ1) is 18.6. The lowest BCUT2D eigenvalue weighted by Gasteiger charge is -2.62. The molecule has 0 radical (unpaired) electrons. The maximum atomic E-state index is 5.40. The number of benzene rings is 5. The predicted molar refractivity (Wildman–Crippen MR) is 159 cm³/mol. The number of amidine groups is 1. The summed E-state index contributed by atoms with van der Waals surface area (Å²) >= 11 is 0. The second-order valence-electron chi connectivity index (χ2n) is 10.0. The average Bonchev–Trinajstić information content (AvgIpc) is 2.93. The van der Waals surface area contributed by atoms with E-state index < -0.39 is 5.54 Å². The summed E-state index contributed by atoms with van der Waals surface area (Å²) in [4.78, 5) is 5.40. The fourth-order valence-electron chi connectivity index (χ4n) is 5.41. The molecule has 1 aliphatic heterocycles. The van der Waals surface area contributed by atoms with Crippen molar-refractivity contribution in [2.24, 2.45) is 4.99 Å². The number of anilines is 2. The second kappa shape index (κ2) is 9.68. The van der Waals surface area contributed by atoms with Crippen LogP contribution in [0.5, 0.6) is 0 Å². The van der Waals surface area contributed by atoms with E-state index in [0.717, 1.165) is 22.9 Å². The molecule has 0 aliphatic carbocycles. The zero-order valence-corrected chi connectivity index (χ0v) is 22.0. The van der Waals surface area contributed by atoms with Crippen molar-refractivity contribution >= 4 is 22.9 Å². The number of hydrogen-bond donors (Lipinski definition) is 0. The maximum Gasteiger partial charge on any atom is 0.171 e. The number of hydrogen-bond acceptors (Lipinski definition) is 2. The molecule has 0 unspecified atom stereocenters. The van der Waals surface area contributed by atoms with Crippen LogP contribution in [0.4, 0.5) is 17.1 Å². The van der Waals surface area contributed by atoms with Crippen LogP contribution in [-0.2, 0) is 5.54 Å². The molecule has 1 fully saturated rings. The van der Waals surface area contributed by atoms with Gasteiger partial charge in [-0.2, -0.15) is 0 Å². The molecule has 3 nitrogen and oxygen atoms in total. The van der Waals surface area contributed by atoms with Gasteiger partial charge in [-0.15, -0.1) is 0 Å². The minimum absolute atomic E-state index is 0.634. The zero-order chi connectivity index (χ0) is 26.1. The highest BCUT2D eigenvalue weighted by molar-refractivity contribution is 6.19. The first kappa shape index (κ1) is 23.7. The maximum absolute atomic E-state index is 5.40. The van der Waals surface area contributed by atoms with E-state index in [4.69, 9.17) is 4.99 Å². The summed E-state index contributed by atoms with van der Waals surface area (Å²) in [6.45, 7) is 6.39. The van der Waals surface area contributed by atoms with Crippen molar-refractivity contribution in [2.45, 2.75) is 26.3 Å². The monoisotopic (exact) mass is 493 g/mol. The molecule has 0 spiro atoms. The minimum Gasteiger partial charge on any atom is -0.257 e. The summed E-state index contributed by atoms with van der Waals surface area (Å²) in [6.07, 6.45) is 0. The molecule has 186 valence electrons. The van der Waals surface area contributed by atoms with Gasteiger partial charge >= 0.3 is 0 Å². The van der Waals surface area contributed by atoms with Crippen molar-refractivity contribution in [1.82, 2.24) is 0 Å². The highest BCUT2D eigenvalue weighted by Gasteiger charge is 2.60. The molecule has 0 aromatic heterocycles. The van der Waals surface area contributed by atoms with Crippen LogP contribution >= 0.6 is 0 Å². The molecule has 0 atom stereocenters. The van der Waals surface area contributed by atoms with Gasteiger partial charge < -0.3 is 0 Å². The third kappa shape index (κ3) is 3.97. The van der Waals surface area contributed by atoms with E-state index in [1.165, 1.54) is 27.8 Å². The minimum atomic E-state index is -0.634. The molecule has 0 saturated carbocycles. The Bertz CT molecular complexity index is 1550. The van der Waals surface area contributed by atoms with Crippen LogP contribution in [-0.4, -0.2) is 5.84 Å². The third-order valence-electron chi connectivity index (χ3n) is 7.19. The standard InChI is InChI=1S/C35H31N3/c1-26-20-22-31(23-21-26)36-34-35(29-14-6-4-7-15-29,30-16-8-5-9-17-30)38(33-19-11-13-28(3)25-33)37(34)32-18-10-12-27(2)24-32/h4-25H,1-3H3. The number of aliphatic imine (C=N–C) groups is 1. The molecule has 0 bridgehead atoms. The summed E-state index contributed by atoms with van der Waals surface area (Å²) < 4.78 is 0. The van der Waals surface area contributed by atoms with Crippen LogP contribution in [0, 0.1) is 20.8 Å². The first-order valence-electron chi connectivity index (χ1n) is 13.1. The Morgan fingerprint density at radius 3 is 1.58 bits per heavy atom. The number of aryl methyl sites for hydroxylation is 3. The Balaban J connectivity index is 1.71. The zero-order valence-electron chi connectivity index (χ0n) is 22.0. The fraction of sp³-hybridized carbons (Fsp3) is 0.114. The molecule has 1 saturated heterocycles. The van der Waals surface area contributed by atoms with E-state index in [0.29, 0.717) is 0 Å². The highest BCUT2D eigenvalue weighted by atomic mass is 15.8. The number of nitrogens with zero attached hydrogens (tertiary/aromatic N) is 3. The summed E-state index contributed by atoms with van der Waals surface area (Å²) in [5, 5.41) is 4.69. The van der Waals surface area contributed by atoms with Gasteiger partial charge in [0, 0.05) is 0 Å². The van der Waals surface area contributed by atoms with Gasteiger partial charge in [0.1, 0.15) is 0 Å². The molecule has 5 aromatic carbocycles. The Hall–Kier alpha value is -4.63. The van der Waals surface area contributed by atoms with Crippen LogP contribution in [0.25, 0.3) is 0 Å².